The van der Waals surface area contributed by atoms with Gasteiger partial charge in [-0.25, -0.2) is 13.4 Å². The van der Waals surface area contributed by atoms with Crippen molar-refractivity contribution >= 4 is 27.3 Å². The topological polar surface area (TPSA) is 114 Å². The lowest BCUT2D eigenvalue weighted by atomic mass is 10.2. The molecular formula is C22H18N4O4S. The highest BCUT2D eigenvalue weighted by Crippen LogP contribution is 2.23. The van der Waals surface area contributed by atoms with Crippen LogP contribution in [0.2, 0.25) is 0 Å². The number of hydrogen-bond donors (Lipinski definition) is 2. The molecule has 156 valence electrons. The van der Waals surface area contributed by atoms with Gasteiger partial charge in [-0.05, 0) is 42.5 Å². The van der Waals surface area contributed by atoms with E-state index in [1.54, 1.807) is 61.8 Å². The number of carbonyl (C=O) groups excluding carboxylic acids is 1. The SMILES string of the molecule is Cc1nc(-c2ccc(S(=O)(=O)Nc3cccc(C(=O)Nc4ccncc4)c3)cc2)co1. The second-order valence-corrected chi connectivity index (χ2v) is 8.33. The molecule has 0 radical (unpaired) electrons. The maximum atomic E-state index is 12.8. The first-order valence-electron chi connectivity index (χ1n) is 9.27. The average molecular weight is 434 g/mol. The third-order valence-corrected chi connectivity index (χ3v) is 5.79. The van der Waals surface area contributed by atoms with E-state index < -0.39 is 10.0 Å². The van der Waals surface area contributed by atoms with Crippen LogP contribution in [0, 0.1) is 6.92 Å². The third kappa shape index (κ3) is 4.78. The predicted octanol–water partition coefficient (Wildman–Crippen LogP) is 4.10. The molecule has 0 aliphatic rings. The molecule has 0 aliphatic carbocycles. The summed E-state index contributed by atoms with van der Waals surface area (Å²) in [7, 11) is -3.84. The Hall–Kier alpha value is -3.98. The summed E-state index contributed by atoms with van der Waals surface area (Å²) < 4.78 is 33.2. The van der Waals surface area contributed by atoms with E-state index >= 15 is 0 Å². The van der Waals surface area contributed by atoms with Gasteiger partial charge in [-0.3, -0.25) is 14.5 Å². The van der Waals surface area contributed by atoms with Crippen LogP contribution in [-0.4, -0.2) is 24.3 Å². The van der Waals surface area contributed by atoms with Gasteiger partial charge in [0, 0.05) is 41.8 Å². The van der Waals surface area contributed by atoms with Gasteiger partial charge in [0.2, 0.25) is 0 Å². The van der Waals surface area contributed by atoms with E-state index in [2.05, 4.69) is 20.0 Å². The van der Waals surface area contributed by atoms with Crippen LogP contribution in [0.4, 0.5) is 11.4 Å². The molecule has 0 saturated heterocycles. The highest BCUT2D eigenvalue weighted by molar-refractivity contribution is 7.92. The van der Waals surface area contributed by atoms with Crippen molar-refractivity contribution in [1.29, 1.82) is 0 Å². The van der Waals surface area contributed by atoms with Crippen LogP contribution >= 0.6 is 0 Å². The summed E-state index contributed by atoms with van der Waals surface area (Å²) in [4.78, 5) is 20.7. The van der Waals surface area contributed by atoms with Crippen LogP contribution in [0.15, 0.2) is 88.6 Å². The van der Waals surface area contributed by atoms with Crippen molar-refractivity contribution in [3.05, 3.63) is 90.8 Å². The van der Waals surface area contributed by atoms with Crippen LogP contribution < -0.4 is 10.0 Å². The van der Waals surface area contributed by atoms with Crippen molar-refractivity contribution in [3.8, 4) is 11.3 Å². The number of benzene rings is 2. The number of carbonyl (C=O) groups is 1. The Morgan fingerprint density at radius 3 is 2.39 bits per heavy atom. The van der Waals surface area contributed by atoms with Crippen molar-refractivity contribution in [2.45, 2.75) is 11.8 Å². The lowest BCUT2D eigenvalue weighted by Gasteiger charge is -2.10. The highest BCUT2D eigenvalue weighted by Gasteiger charge is 2.16. The molecule has 0 unspecified atom stereocenters. The zero-order valence-electron chi connectivity index (χ0n) is 16.4. The van der Waals surface area contributed by atoms with E-state index in [1.807, 2.05) is 0 Å². The largest absolute Gasteiger partial charge is 0.449 e. The summed E-state index contributed by atoms with van der Waals surface area (Å²) in [5, 5.41) is 2.73. The molecule has 4 rings (SSSR count). The lowest BCUT2D eigenvalue weighted by molar-refractivity contribution is 0.102. The number of rotatable bonds is 6. The van der Waals surface area contributed by atoms with Crippen molar-refractivity contribution in [2.24, 2.45) is 0 Å². The van der Waals surface area contributed by atoms with Gasteiger partial charge >= 0.3 is 0 Å². The van der Waals surface area contributed by atoms with Gasteiger partial charge in [-0.1, -0.05) is 18.2 Å². The standard InChI is InChI=1S/C22H18N4O4S/c1-15-24-21(14-30-15)16-5-7-20(8-6-16)31(28,29)26-19-4-2-3-17(13-19)22(27)25-18-9-11-23-12-10-18/h2-14,26H,1H3,(H,23,25,27). The molecule has 4 aromatic rings. The van der Waals surface area contributed by atoms with Gasteiger partial charge in [0.05, 0.1) is 4.90 Å². The van der Waals surface area contributed by atoms with Crippen LogP contribution in [0.5, 0.6) is 0 Å². The van der Waals surface area contributed by atoms with Gasteiger partial charge in [-0.2, -0.15) is 0 Å². The Morgan fingerprint density at radius 2 is 1.71 bits per heavy atom. The molecule has 0 fully saturated rings. The molecule has 0 spiro atoms. The second kappa shape index (κ2) is 8.41. The smallest absolute Gasteiger partial charge is 0.261 e. The molecule has 2 heterocycles. The number of nitrogens with one attached hydrogen (secondary N) is 2. The number of sulfonamides is 1. The second-order valence-electron chi connectivity index (χ2n) is 6.65. The van der Waals surface area contributed by atoms with Crippen molar-refractivity contribution in [3.63, 3.8) is 0 Å². The highest BCUT2D eigenvalue weighted by atomic mass is 32.2. The van der Waals surface area contributed by atoms with Crippen molar-refractivity contribution in [2.75, 3.05) is 10.0 Å². The molecule has 1 amide bonds. The van der Waals surface area contributed by atoms with Crippen molar-refractivity contribution < 1.29 is 17.6 Å². The lowest BCUT2D eigenvalue weighted by Crippen LogP contribution is -2.15. The van der Waals surface area contributed by atoms with E-state index in [9.17, 15) is 13.2 Å². The number of anilines is 2. The van der Waals surface area contributed by atoms with Gasteiger partial charge in [-0.15, -0.1) is 0 Å². The molecule has 31 heavy (non-hydrogen) atoms. The first-order valence-corrected chi connectivity index (χ1v) is 10.8. The monoisotopic (exact) mass is 434 g/mol. The van der Waals surface area contributed by atoms with E-state index in [0.717, 1.165) is 5.56 Å². The van der Waals surface area contributed by atoms with E-state index in [4.69, 9.17) is 4.42 Å². The Morgan fingerprint density at radius 1 is 0.968 bits per heavy atom. The average Bonchev–Trinajstić information content (AvgIpc) is 3.21. The quantitative estimate of drug-likeness (QED) is 0.472. The molecule has 0 saturated carbocycles. The van der Waals surface area contributed by atoms with E-state index in [1.165, 1.54) is 24.5 Å². The summed E-state index contributed by atoms with van der Waals surface area (Å²) in [5.41, 5.74) is 2.55. The minimum Gasteiger partial charge on any atom is -0.449 e. The summed E-state index contributed by atoms with van der Waals surface area (Å²) in [6, 6.07) is 15.9. The van der Waals surface area contributed by atoms with Crippen molar-refractivity contribution in [1.82, 2.24) is 9.97 Å². The number of oxazole rings is 1. The van der Waals surface area contributed by atoms with Crippen LogP contribution in [0.3, 0.4) is 0 Å². The number of nitrogens with zero attached hydrogens (tertiary/aromatic N) is 2. The summed E-state index contributed by atoms with van der Waals surface area (Å²) in [6.45, 7) is 1.73. The minimum absolute atomic E-state index is 0.0862. The molecular weight excluding hydrogens is 416 g/mol. The number of amides is 1. The van der Waals surface area contributed by atoms with Crippen LogP contribution in [-0.2, 0) is 10.0 Å². The number of aryl methyl sites for hydroxylation is 1. The summed E-state index contributed by atoms with van der Waals surface area (Å²) in [5.74, 6) is 0.167. The van der Waals surface area contributed by atoms with Gasteiger partial charge in [0.15, 0.2) is 5.89 Å². The zero-order chi connectivity index (χ0) is 21.8. The fraction of sp³-hybridized carbons (Fsp3) is 0.0455. The van der Waals surface area contributed by atoms with E-state index in [0.29, 0.717) is 22.8 Å². The molecule has 0 atom stereocenters. The van der Waals surface area contributed by atoms with E-state index in [-0.39, 0.29) is 16.5 Å². The zero-order valence-corrected chi connectivity index (χ0v) is 17.3. The van der Waals surface area contributed by atoms with Crippen LogP contribution in [0.25, 0.3) is 11.3 Å². The molecule has 9 heteroatoms. The molecule has 8 nitrogen and oxygen atoms in total. The maximum Gasteiger partial charge on any atom is 0.261 e. The van der Waals surface area contributed by atoms with Gasteiger partial charge in [0.25, 0.3) is 15.9 Å². The Kier molecular flexibility index (Phi) is 5.50. The van der Waals surface area contributed by atoms with Gasteiger partial charge < -0.3 is 9.73 Å². The molecule has 0 aliphatic heterocycles. The minimum atomic E-state index is -3.84. The Balaban J connectivity index is 1.50. The van der Waals surface area contributed by atoms with Gasteiger partial charge in [0.1, 0.15) is 12.0 Å². The first-order chi connectivity index (χ1) is 14.9. The Bertz CT molecular complexity index is 1320. The number of aromatic nitrogens is 2. The Labute approximate surface area is 179 Å². The molecule has 2 N–H and O–H groups in total. The maximum absolute atomic E-state index is 12.8. The predicted molar refractivity (Wildman–Crippen MR) is 116 cm³/mol. The number of hydrogen-bond acceptors (Lipinski definition) is 6. The van der Waals surface area contributed by atoms with Crippen LogP contribution in [0.1, 0.15) is 16.2 Å². The molecule has 2 aromatic heterocycles. The fourth-order valence-corrected chi connectivity index (χ4v) is 3.93. The normalized spacial score (nSPS) is 11.1. The number of pyridine rings is 1. The first kappa shape index (κ1) is 20.3. The third-order valence-electron chi connectivity index (χ3n) is 4.39. The summed E-state index contributed by atoms with van der Waals surface area (Å²) >= 11 is 0. The fourth-order valence-electron chi connectivity index (χ4n) is 2.88. The molecule has 2 aromatic carbocycles. The molecule has 0 bridgehead atoms. The summed E-state index contributed by atoms with van der Waals surface area (Å²) in [6.07, 6.45) is 4.64.